The molecule has 0 amide bonds. The highest BCUT2D eigenvalue weighted by Gasteiger charge is 2.37. The molecule has 1 aliphatic heterocycles. The van der Waals surface area contributed by atoms with E-state index in [4.69, 9.17) is 10.5 Å². The van der Waals surface area contributed by atoms with Gasteiger partial charge in [-0.1, -0.05) is 32.0 Å². The molecule has 2 rings (SSSR count). The van der Waals surface area contributed by atoms with E-state index in [2.05, 4.69) is 41.9 Å². The molecule has 0 unspecified atom stereocenters. The van der Waals surface area contributed by atoms with E-state index in [0.29, 0.717) is 5.70 Å². The van der Waals surface area contributed by atoms with Crippen molar-refractivity contribution in [3.8, 4) is 12.1 Å². The summed E-state index contributed by atoms with van der Waals surface area (Å²) in [6, 6.07) is 11.9. The number of hydrogen-bond acceptors (Lipinski definition) is 4. The van der Waals surface area contributed by atoms with E-state index in [-0.39, 0.29) is 11.1 Å². The predicted molar refractivity (Wildman–Crippen MR) is 88.4 cm³/mol. The highest BCUT2D eigenvalue weighted by atomic mass is 15.2. The number of nitrogens with zero attached hydrogens (tertiary/aromatic N) is 4. The van der Waals surface area contributed by atoms with Crippen molar-refractivity contribution in [2.75, 3.05) is 11.9 Å². The van der Waals surface area contributed by atoms with Crippen LogP contribution in [0.25, 0.3) is 0 Å². The van der Waals surface area contributed by atoms with Crippen LogP contribution < -0.4 is 4.90 Å². The van der Waals surface area contributed by atoms with Crippen LogP contribution in [0, 0.1) is 22.7 Å². The maximum Gasteiger partial charge on any atom is 0.218 e. The average molecular weight is 290 g/mol. The number of fused-ring (bicyclic) bond motifs is 1. The number of benzene rings is 1. The van der Waals surface area contributed by atoms with Gasteiger partial charge in [0.15, 0.2) is 0 Å². The van der Waals surface area contributed by atoms with Crippen molar-refractivity contribution in [3.05, 3.63) is 53.4 Å². The molecule has 0 fully saturated rings. The van der Waals surface area contributed by atoms with Crippen LogP contribution in [-0.4, -0.2) is 12.8 Å². The number of hydrogen-bond donors (Lipinski definition) is 0. The van der Waals surface area contributed by atoms with Crippen LogP contribution in [-0.2, 0) is 5.41 Å². The molecule has 0 saturated carbocycles. The molecule has 1 aliphatic rings. The van der Waals surface area contributed by atoms with Crippen molar-refractivity contribution in [2.45, 2.75) is 26.2 Å². The van der Waals surface area contributed by atoms with Crippen LogP contribution in [0.15, 0.2) is 52.8 Å². The second-order valence-electron chi connectivity index (χ2n) is 5.75. The molecule has 0 spiro atoms. The molecule has 4 heteroatoms. The second kappa shape index (κ2) is 5.87. The lowest BCUT2D eigenvalue weighted by Crippen LogP contribution is -2.22. The van der Waals surface area contributed by atoms with Gasteiger partial charge in [0, 0.05) is 29.5 Å². The van der Waals surface area contributed by atoms with Gasteiger partial charge in [-0.25, -0.2) is 4.99 Å². The van der Waals surface area contributed by atoms with Gasteiger partial charge >= 0.3 is 0 Å². The van der Waals surface area contributed by atoms with Gasteiger partial charge in [0.25, 0.3) is 0 Å². The first-order chi connectivity index (χ1) is 10.4. The summed E-state index contributed by atoms with van der Waals surface area (Å²) in [5, 5.41) is 17.5. The molecule has 110 valence electrons. The Bertz CT molecular complexity index is 751. The fourth-order valence-electron chi connectivity index (χ4n) is 2.79. The first-order valence-corrected chi connectivity index (χ1v) is 7.03. The molecule has 1 aromatic rings. The molecule has 22 heavy (non-hydrogen) atoms. The lowest BCUT2D eigenvalue weighted by Gasteiger charge is -2.23. The fraction of sp³-hybridized carbons (Fsp3) is 0.278. The molecule has 0 N–H and O–H groups in total. The van der Waals surface area contributed by atoms with Crippen molar-refractivity contribution in [1.29, 1.82) is 10.5 Å². The van der Waals surface area contributed by atoms with E-state index in [0.717, 1.165) is 5.70 Å². The zero-order chi connectivity index (χ0) is 16.3. The lowest BCUT2D eigenvalue weighted by atomic mass is 9.84. The van der Waals surface area contributed by atoms with E-state index < -0.39 is 0 Å². The van der Waals surface area contributed by atoms with Crippen LogP contribution in [0.3, 0.4) is 0 Å². The van der Waals surface area contributed by atoms with Crippen LogP contribution in [0.1, 0.15) is 26.3 Å². The minimum absolute atomic E-state index is 0.0981. The summed E-state index contributed by atoms with van der Waals surface area (Å²) in [5.41, 5.74) is 4.04. The molecule has 1 aromatic carbocycles. The molecular weight excluding hydrogens is 272 g/mol. The number of aliphatic imine (C=N–C) groups is 1. The summed E-state index contributed by atoms with van der Waals surface area (Å²) in [7, 11) is 2.04. The summed E-state index contributed by atoms with van der Waals surface area (Å²) < 4.78 is 0. The summed E-state index contributed by atoms with van der Waals surface area (Å²) >= 11 is 0. The molecule has 1 heterocycles. The van der Waals surface area contributed by atoms with Gasteiger partial charge in [0.05, 0.1) is 0 Å². The third-order valence-electron chi connectivity index (χ3n) is 3.92. The maximum atomic E-state index is 8.74. The molecule has 0 aromatic heterocycles. The van der Waals surface area contributed by atoms with Gasteiger partial charge in [-0.2, -0.15) is 10.5 Å². The number of nitriles is 2. The largest absolute Gasteiger partial charge is 0.347 e. The summed E-state index contributed by atoms with van der Waals surface area (Å²) in [6.07, 6.45) is 3.85. The number of para-hydroxylation sites is 1. The molecule has 0 bridgehead atoms. The Balaban J connectivity index is 2.41. The smallest absolute Gasteiger partial charge is 0.218 e. The van der Waals surface area contributed by atoms with E-state index >= 15 is 0 Å². The average Bonchev–Trinajstić information content (AvgIpc) is 2.70. The molecule has 0 radical (unpaired) electrons. The highest BCUT2D eigenvalue weighted by molar-refractivity contribution is 6.10. The first kappa shape index (κ1) is 15.5. The topological polar surface area (TPSA) is 63.2 Å². The second-order valence-corrected chi connectivity index (χ2v) is 5.75. The maximum absolute atomic E-state index is 8.74. The number of allylic oxidation sites excluding steroid dienone is 4. The number of anilines is 1. The Morgan fingerprint density at radius 2 is 1.86 bits per heavy atom. The predicted octanol–water partition coefficient (Wildman–Crippen LogP) is 3.69. The summed E-state index contributed by atoms with van der Waals surface area (Å²) in [4.78, 5) is 6.15. The molecule has 0 atom stereocenters. The van der Waals surface area contributed by atoms with E-state index in [1.54, 1.807) is 19.1 Å². The zero-order valence-corrected chi connectivity index (χ0v) is 13.3. The van der Waals surface area contributed by atoms with Gasteiger partial charge in [0.1, 0.15) is 12.1 Å². The summed E-state index contributed by atoms with van der Waals surface area (Å²) in [6.45, 7) is 6.15. The normalized spacial score (nSPS) is 17.6. The van der Waals surface area contributed by atoms with E-state index in [1.807, 2.05) is 25.3 Å². The van der Waals surface area contributed by atoms with E-state index in [1.165, 1.54) is 11.3 Å². The molecular formula is C18H18N4. The molecule has 4 nitrogen and oxygen atoms in total. The Kier molecular flexibility index (Phi) is 4.15. The van der Waals surface area contributed by atoms with Crippen LogP contribution in [0.5, 0.6) is 0 Å². The fourth-order valence-corrected chi connectivity index (χ4v) is 2.79. The summed E-state index contributed by atoms with van der Waals surface area (Å²) in [5.74, 6) is 0. The van der Waals surface area contributed by atoms with E-state index in [9.17, 15) is 0 Å². The lowest BCUT2D eigenvalue weighted by molar-refractivity contribution is 0.640. The monoisotopic (exact) mass is 290 g/mol. The van der Waals surface area contributed by atoms with Gasteiger partial charge in [-0.3, -0.25) is 0 Å². The Labute approximate surface area is 131 Å². The first-order valence-electron chi connectivity index (χ1n) is 7.03. The Morgan fingerprint density at radius 3 is 2.45 bits per heavy atom. The Hall–Kier alpha value is -2.85. The van der Waals surface area contributed by atoms with Crippen molar-refractivity contribution in [1.82, 2.24) is 0 Å². The van der Waals surface area contributed by atoms with Crippen LogP contribution in [0.2, 0.25) is 0 Å². The third-order valence-corrected chi connectivity index (χ3v) is 3.92. The van der Waals surface area contributed by atoms with Crippen LogP contribution in [0.4, 0.5) is 5.69 Å². The van der Waals surface area contributed by atoms with Gasteiger partial charge in [-0.05, 0) is 30.7 Å². The van der Waals surface area contributed by atoms with Crippen molar-refractivity contribution in [2.24, 2.45) is 4.99 Å². The minimum Gasteiger partial charge on any atom is -0.347 e. The SMILES string of the molecule is CC(=CC=C1N(C)c2ccccc2C1(C)C)N=C(C#N)C#N. The van der Waals surface area contributed by atoms with Gasteiger partial charge in [0.2, 0.25) is 5.71 Å². The van der Waals surface area contributed by atoms with Crippen molar-refractivity contribution in [3.63, 3.8) is 0 Å². The van der Waals surface area contributed by atoms with Gasteiger partial charge in [-0.15, -0.1) is 0 Å². The number of rotatable bonds is 2. The standard InChI is InChI=1S/C18H18N4/c1-13(21-14(11-19)12-20)9-10-17-18(2,3)15-7-5-6-8-16(15)22(17)4/h5-10H,1-4H3. The Morgan fingerprint density at radius 1 is 1.23 bits per heavy atom. The molecule has 0 aliphatic carbocycles. The third kappa shape index (κ3) is 2.64. The van der Waals surface area contributed by atoms with Crippen LogP contribution >= 0.6 is 0 Å². The highest BCUT2D eigenvalue weighted by Crippen LogP contribution is 2.46. The molecule has 0 saturated heterocycles. The van der Waals surface area contributed by atoms with Crippen molar-refractivity contribution < 1.29 is 0 Å². The quantitative estimate of drug-likeness (QED) is 0.780. The van der Waals surface area contributed by atoms with Gasteiger partial charge < -0.3 is 4.90 Å². The number of likely N-dealkylation sites (N-methyl/N-ethyl adjacent to an activating group) is 1. The minimum atomic E-state index is -0.130. The van der Waals surface area contributed by atoms with Crippen molar-refractivity contribution >= 4 is 11.4 Å². The zero-order valence-electron chi connectivity index (χ0n) is 13.3.